The van der Waals surface area contributed by atoms with Gasteiger partial charge in [0, 0.05) is 25.0 Å². The van der Waals surface area contributed by atoms with E-state index in [0.29, 0.717) is 17.9 Å². The van der Waals surface area contributed by atoms with Crippen molar-refractivity contribution in [1.29, 1.82) is 0 Å². The van der Waals surface area contributed by atoms with Crippen LogP contribution in [0.25, 0.3) is 10.1 Å². The summed E-state index contributed by atoms with van der Waals surface area (Å²) in [5, 5.41) is -0.595. The van der Waals surface area contributed by atoms with Gasteiger partial charge in [0.2, 0.25) is 5.82 Å². The Balaban J connectivity index is 1.57. The third-order valence-electron chi connectivity index (χ3n) is 5.95. The van der Waals surface area contributed by atoms with Gasteiger partial charge in [-0.05, 0) is 6.07 Å². The number of rotatable bonds is 8. The molecule has 1 aromatic heterocycles. The molecule has 0 aliphatic carbocycles. The Labute approximate surface area is 186 Å². The molecule has 3 N–H and O–H groups in total. The van der Waals surface area contributed by atoms with Crippen LogP contribution in [-0.2, 0) is 14.6 Å². The zero-order chi connectivity index (χ0) is 23.3. The van der Waals surface area contributed by atoms with Gasteiger partial charge in [0.15, 0.2) is 17.4 Å². The standard InChI is InChI=1S/C17H21F3N3O6PS2/c18-13-11-9-12(32(27,28)21-10-30(24,25)26)31-17(11)15(20)16(14(13)19)29-8-7-23-4-1-22(2-5-23)3-6-23/h9,21H,1-8,10H2,(H-,24,25,26)/p+1. The highest BCUT2D eigenvalue weighted by Crippen LogP contribution is 2.40. The van der Waals surface area contributed by atoms with Gasteiger partial charge in [-0.2, -0.15) is 9.11 Å². The summed E-state index contributed by atoms with van der Waals surface area (Å²) in [6, 6.07) is 0.721. The van der Waals surface area contributed by atoms with Gasteiger partial charge in [-0.15, -0.1) is 11.3 Å². The van der Waals surface area contributed by atoms with Crippen molar-refractivity contribution in [3.8, 4) is 5.75 Å². The average Bonchev–Trinajstić information content (AvgIpc) is 3.21. The van der Waals surface area contributed by atoms with E-state index in [1.807, 2.05) is 0 Å². The molecule has 0 spiro atoms. The van der Waals surface area contributed by atoms with E-state index in [0.717, 1.165) is 49.8 Å². The Kier molecular flexibility index (Phi) is 6.36. The lowest BCUT2D eigenvalue weighted by Crippen LogP contribution is -2.68. The molecule has 0 radical (unpaired) electrons. The number of nitrogens with one attached hydrogen (secondary N) is 1. The van der Waals surface area contributed by atoms with E-state index in [-0.39, 0.29) is 6.61 Å². The molecule has 0 unspecified atom stereocenters. The van der Waals surface area contributed by atoms with E-state index in [9.17, 15) is 26.2 Å². The fourth-order valence-electron chi connectivity index (χ4n) is 4.02. The zero-order valence-corrected chi connectivity index (χ0v) is 19.3. The average molecular weight is 516 g/mol. The predicted octanol–water partition coefficient (Wildman–Crippen LogP) is 1.26. The number of hydrogen-bond donors (Lipinski definition) is 3. The van der Waals surface area contributed by atoms with Gasteiger partial charge in [0.1, 0.15) is 23.6 Å². The Hall–Kier alpha value is -1.25. The van der Waals surface area contributed by atoms with Crippen LogP contribution in [-0.4, -0.2) is 86.3 Å². The molecule has 4 heterocycles. The summed E-state index contributed by atoms with van der Waals surface area (Å²) in [6.07, 6.45) is -1.19. The van der Waals surface area contributed by atoms with Gasteiger partial charge in [0.25, 0.3) is 10.0 Å². The normalized spacial score (nSPS) is 23.7. The summed E-state index contributed by atoms with van der Waals surface area (Å²) >= 11 is 0.316. The van der Waals surface area contributed by atoms with E-state index in [4.69, 9.17) is 14.5 Å². The third-order valence-corrected chi connectivity index (χ3v) is 9.73. The number of sulfonamides is 1. The molecule has 15 heteroatoms. The van der Waals surface area contributed by atoms with Crippen LogP contribution in [0, 0.1) is 17.5 Å². The van der Waals surface area contributed by atoms with Crippen LogP contribution >= 0.6 is 18.9 Å². The first kappa shape index (κ1) is 23.9. The van der Waals surface area contributed by atoms with Crippen LogP contribution in [0.1, 0.15) is 0 Å². The molecule has 9 nitrogen and oxygen atoms in total. The number of piperazine rings is 3. The number of halogens is 3. The van der Waals surface area contributed by atoms with Crippen LogP contribution in [0.4, 0.5) is 13.2 Å². The highest BCUT2D eigenvalue weighted by atomic mass is 32.2. The van der Waals surface area contributed by atoms with Crippen molar-refractivity contribution in [3.63, 3.8) is 0 Å². The quantitative estimate of drug-likeness (QED) is 0.275. The molecule has 0 amide bonds. The molecule has 178 valence electrons. The Morgan fingerprint density at radius 1 is 1.12 bits per heavy atom. The lowest BCUT2D eigenvalue weighted by molar-refractivity contribution is -0.940. The maximum Gasteiger partial charge on any atom is 0.340 e. The monoisotopic (exact) mass is 516 g/mol. The highest BCUT2D eigenvalue weighted by Gasteiger charge is 2.38. The molecular formula is C17H22F3N3O6PS2+. The number of fused-ring (bicyclic) bond motifs is 4. The molecule has 5 rings (SSSR count). The Morgan fingerprint density at radius 2 is 1.75 bits per heavy atom. The second-order valence-corrected chi connectivity index (χ2v) is 12.7. The predicted molar refractivity (Wildman–Crippen MR) is 111 cm³/mol. The lowest BCUT2D eigenvalue weighted by Gasteiger charge is -2.50. The maximum absolute atomic E-state index is 15.0. The molecule has 2 bridgehead atoms. The minimum absolute atomic E-state index is 0.0286. The molecule has 0 saturated carbocycles. The van der Waals surface area contributed by atoms with Gasteiger partial charge in [-0.1, -0.05) is 0 Å². The van der Waals surface area contributed by atoms with E-state index < -0.39 is 61.4 Å². The fraction of sp³-hybridized carbons (Fsp3) is 0.529. The van der Waals surface area contributed by atoms with Gasteiger partial charge in [0.05, 0.1) is 24.3 Å². The van der Waals surface area contributed by atoms with Crippen molar-refractivity contribution in [1.82, 2.24) is 9.62 Å². The van der Waals surface area contributed by atoms with Gasteiger partial charge < -0.3 is 19.0 Å². The van der Waals surface area contributed by atoms with Crippen LogP contribution < -0.4 is 9.46 Å². The number of hydrogen-bond acceptors (Lipinski definition) is 6. The lowest BCUT2D eigenvalue weighted by atomic mass is 10.1. The largest absolute Gasteiger partial charge is 0.481 e. The minimum atomic E-state index is -4.70. The van der Waals surface area contributed by atoms with Crippen LogP contribution in [0.5, 0.6) is 5.75 Å². The first-order valence-corrected chi connectivity index (χ1v) is 13.9. The Morgan fingerprint density at radius 3 is 2.34 bits per heavy atom. The van der Waals surface area contributed by atoms with Gasteiger partial charge in [-0.3, -0.25) is 9.46 Å². The molecule has 32 heavy (non-hydrogen) atoms. The number of nitrogens with zero attached hydrogens (tertiary/aromatic N) is 2. The molecule has 3 saturated heterocycles. The van der Waals surface area contributed by atoms with E-state index in [1.54, 1.807) is 4.72 Å². The second kappa shape index (κ2) is 8.51. The number of benzene rings is 1. The van der Waals surface area contributed by atoms with Crippen molar-refractivity contribution in [2.45, 2.75) is 4.21 Å². The van der Waals surface area contributed by atoms with Crippen molar-refractivity contribution < 1.29 is 45.2 Å². The number of quaternary nitrogens is 1. The summed E-state index contributed by atoms with van der Waals surface area (Å²) in [5.41, 5.74) is 0. The summed E-state index contributed by atoms with van der Waals surface area (Å²) in [5.74, 6) is -5.13. The summed E-state index contributed by atoms with van der Waals surface area (Å²) in [7, 11) is -9.18. The molecule has 1 aromatic carbocycles. The van der Waals surface area contributed by atoms with Crippen molar-refractivity contribution in [2.24, 2.45) is 0 Å². The third kappa shape index (κ3) is 4.68. The highest BCUT2D eigenvalue weighted by molar-refractivity contribution is 7.92. The first-order chi connectivity index (χ1) is 14.9. The molecule has 2 aromatic rings. The molecule has 3 aliphatic heterocycles. The molecule has 3 aliphatic rings. The van der Waals surface area contributed by atoms with Crippen LogP contribution in [0.15, 0.2) is 10.3 Å². The zero-order valence-electron chi connectivity index (χ0n) is 16.8. The van der Waals surface area contributed by atoms with E-state index >= 15 is 0 Å². The SMILES string of the molecule is O=P(O)(O)CNS(=O)(=O)c1cc2c(F)c(F)c(OCC[N+]34CCN(CC3)CC4)c(F)c2s1. The maximum atomic E-state index is 15.0. The summed E-state index contributed by atoms with van der Waals surface area (Å²) in [6.45, 7) is 6.08. The van der Waals surface area contributed by atoms with Crippen molar-refractivity contribution in [3.05, 3.63) is 23.5 Å². The summed E-state index contributed by atoms with van der Waals surface area (Å²) < 4.78 is 86.2. The number of ether oxygens (including phenoxy) is 1. The molecule has 0 atom stereocenters. The first-order valence-electron chi connectivity index (χ1n) is 9.75. The van der Waals surface area contributed by atoms with E-state index in [1.165, 1.54) is 0 Å². The minimum Gasteiger partial charge on any atom is -0.481 e. The van der Waals surface area contributed by atoms with Crippen molar-refractivity contribution in [2.75, 3.05) is 58.7 Å². The molecular weight excluding hydrogens is 494 g/mol. The van der Waals surface area contributed by atoms with E-state index in [2.05, 4.69) is 4.90 Å². The molecule has 3 fully saturated rings. The topological polar surface area (TPSA) is 116 Å². The van der Waals surface area contributed by atoms with Crippen LogP contribution in [0.3, 0.4) is 0 Å². The Bertz CT molecular complexity index is 1180. The fourth-order valence-corrected chi connectivity index (χ4v) is 7.47. The number of thiophene rings is 1. The van der Waals surface area contributed by atoms with Gasteiger partial charge in [-0.25, -0.2) is 17.2 Å². The smallest absolute Gasteiger partial charge is 0.340 e. The van der Waals surface area contributed by atoms with Crippen LogP contribution in [0.2, 0.25) is 0 Å². The second-order valence-electron chi connectivity index (χ2n) is 7.98. The summed E-state index contributed by atoms with van der Waals surface area (Å²) in [4.78, 5) is 20.0. The van der Waals surface area contributed by atoms with Crippen molar-refractivity contribution >= 4 is 39.0 Å². The van der Waals surface area contributed by atoms with Gasteiger partial charge >= 0.3 is 7.60 Å².